The van der Waals surface area contributed by atoms with Crippen LogP contribution in [0.1, 0.15) is 25.5 Å². The van der Waals surface area contributed by atoms with Crippen LogP contribution in [-0.2, 0) is 6.54 Å². The summed E-state index contributed by atoms with van der Waals surface area (Å²) in [6, 6.07) is 4.96. The van der Waals surface area contributed by atoms with E-state index >= 15 is 0 Å². The van der Waals surface area contributed by atoms with Crippen LogP contribution >= 0.6 is 0 Å². The maximum Gasteiger partial charge on any atom is 0.165 e. The van der Waals surface area contributed by atoms with Crippen LogP contribution in [0.3, 0.4) is 0 Å². The summed E-state index contributed by atoms with van der Waals surface area (Å²) in [4.78, 5) is 12.9. The van der Waals surface area contributed by atoms with Crippen LogP contribution < -0.4 is 5.32 Å². The number of anilines is 1. The van der Waals surface area contributed by atoms with Crippen molar-refractivity contribution in [1.82, 2.24) is 19.5 Å². The number of hydrogen-bond acceptors (Lipinski definition) is 6. The number of fused-ring (bicyclic) bond motifs is 1. The van der Waals surface area contributed by atoms with Crippen LogP contribution in [0.2, 0.25) is 0 Å². The molecule has 7 nitrogen and oxygen atoms in total. The fourth-order valence-corrected chi connectivity index (χ4v) is 2.22. The van der Waals surface area contributed by atoms with Crippen molar-refractivity contribution in [2.45, 2.75) is 26.4 Å². The zero-order valence-electron chi connectivity index (χ0n) is 12.4. The number of nitrogens with zero attached hydrogens (tertiary/aromatic N) is 4. The van der Waals surface area contributed by atoms with Gasteiger partial charge >= 0.3 is 0 Å². The van der Waals surface area contributed by atoms with Gasteiger partial charge in [0.25, 0.3) is 0 Å². The van der Waals surface area contributed by atoms with Crippen LogP contribution in [0.4, 0.5) is 5.82 Å². The average molecular weight is 299 g/mol. The number of aromatic nitrogens is 4. The van der Waals surface area contributed by atoms with Crippen molar-refractivity contribution in [2.75, 3.05) is 5.32 Å². The van der Waals surface area contributed by atoms with E-state index < -0.39 is 0 Å². The minimum absolute atomic E-state index is 0.135. The van der Waals surface area contributed by atoms with Gasteiger partial charge in [-0.05, 0) is 31.5 Å². The fourth-order valence-electron chi connectivity index (χ4n) is 2.22. The minimum atomic E-state index is -0.142. The van der Waals surface area contributed by atoms with E-state index in [4.69, 9.17) is 0 Å². The first-order chi connectivity index (χ1) is 10.6. The predicted octanol–water partition coefficient (Wildman–Crippen LogP) is 2.43. The zero-order valence-corrected chi connectivity index (χ0v) is 12.4. The Morgan fingerprint density at radius 3 is 2.68 bits per heavy atom. The van der Waals surface area contributed by atoms with Crippen LogP contribution in [0.5, 0.6) is 11.5 Å². The molecule has 0 aliphatic heterocycles. The molecule has 0 radical (unpaired) electrons. The van der Waals surface area contributed by atoms with Gasteiger partial charge in [0.2, 0.25) is 0 Å². The molecule has 0 atom stereocenters. The van der Waals surface area contributed by atoms with Crippen LogP contribution in [0.15, 0.2) is 30.9 Å². The van der Waals surface area contributed by atoms with E-state index in [1.165, 1.54) is 18.5 Å². The van der Waals surface area contributed by atoms with Gasteiger partial charge in [-0.3, -0.25) is 0 Å². The first-order valence-corrected chi connectivity index (χ1v) is 6.98. The lowest BCUT2D eigenvalue weighted by molar-refractivity contribution is 0.403. The van der Waals surface area contributed by atoms with E-state index in [-0.39, 0.29) is 17.5 Å². The number of aromatic hydroxyl groups is 2. The molecule has 0 aliphatic rings. The van der Waals surface area contributed by atoms with E-state index in [1.807, 2.05) is 4.57 Å². The largest absolute Gasteiger partial charge is 0.504 e. The summed E-state index contributed by atoms with van der Waals surface area (Å²) in [5, 5.41) is 22.0. The van der Waals surface area contributed by atoms with E-state index in [1.54, 1.807) is 12.4 Å². The lowest BCUT2D eigenvalue weighted by atomic mass is 10.2. The third-order valence-electron chi connectivity index (χ3n) is 3.41. The highest BCUT2D eigenvalue weighted by molar-refractivity contribution is 5.82. The second-order valence-corrected chi connectivity index (χ2v) is 5.32. The topological polar surface area (TPSA) is 96.1 Å². The molecule has 0 unspecified atom stereocenters. The molecule has 3 N–H and O–H groups in total. The first-order valence-electron chi connectivity index (χ1n) is 6.98. The molecule has 1 aromatic carbocycles. The maximum atomic E-state index is 9.51. The lowest BCUT2D eigenvalue weighted by Crippen LogP contribution is -2.04. The molecule has 3 aromatic rings. The Hall–Kier alpha value is -2.83. The monoisotopic (exact) mass is 299 g/mol. The molecule has 0 saturated heterocycles. The third-order valence-corrected chi connectivity index (χ3v) is 3.41. The van der Waals surface area contributed by atoms with Crippen molar-refractivity contribution in [3.05, 3.63) is 36.4 Å². The molecule has 2 heterocycles. The zero-order chi connectivity index (χ0) is 15.7. The van der Waals surface area contributed by atoms with Gasteiger partial charge in [-0.15, -0.1) is 0 Å². The van der Waals surface area contributed by atoms with Crippen LogP contribution in [0.25, 0.3) is 11.2 Å². The Morgan fingerprint density at radius 2 is 1.95 bits per heavy atom. The Morgan fingerprint density at radius 1 is 1.14 bits per heavy atom. The maximum absolute atomic E-state index is 9.51. The summed E-state index contributed by atoms with van der Waals surface area (Å²) in [5.41, 5.74) is 2.31. The summed E-state index contributed by atoms with van der Waals surface area (Å²) >= 11 is 0. The van der Waals surface area contributed by atoms with E-state index in [2.05, 4.69) is 34.1 Å². The molecule has 0 aliphatic carbocycles. The fraction of sp³-hybridized carbons (Fsp3) is 0.267. The predicted molar refractivity (Wildman–Crippen MR) is 82.8 cm³/mol. The quantitative estimate of drug-likeness (QED) is 0.640. The molecule has 0 spiro atoms. The minimum Gasteiger partial charge on any atom is -0.504 e. The Labute approximate surface area is 127 Å². The Bertz CT molecular complexity index is 813. The highest BCUT2D eigenvalue weighted by atomic mass is 16.3. The summed E-state index contributed by atoms with van der Waals surface area (Å²) in [5.74, 6) is 0.358. The Kier molecular flexibility index (Phi) is 3.54. The highest BCUT2D eigenvalue weighted by Gasteiger charge is 2.11. The number of hydrogen-bond donors (Lipinski definition) is 3. The van der Waals surface area contributed by atoms with E-state index in [0.717, 1.165) is 11.2 Å². The van der Waals surface area contributed by atoms with Gasteiger partial charge in [-0.2, -0.15) is 0 Å². The number of phenolic OH excluding ortho intramolecular Hbond substituents is 2. The Balaban J connectivity index is 1.86. The average Bonchev–Trinajstić information content (AvgIpc) is 2.93. The molecule has 0 fully saturated rings. The van der Waals surface area contributed by atoms with Crippen LogP contribution in [-0.4, -0.2) is 29.7 Å². The van der Waals surface area contributed by atoms with E-state index in [0.29, 0.717) is 17.9 Å². The number of nitrogens with one attached hydrogen (secondary N) is 1. The standard InChI is InChI=1S/C15H17N5O2/c1-9(2)20-8-19-13-14(17-7-18-15(13)20)16-6-10-3-4-11(21)12(22)5-10/h3-5,7-9,21-22H,6H2,1-2H3,(H,16,17,18). The molecule has 114 valence electrons. The lowest BCUT2D eigenvalue weighted by Gasteiger charge is -2.09. The summed E-state index contributed by atoms with van der Waals surface area (Å²) in [7, 11) is 0. The molecule has 22 heavy (non-hydrogen) atoms. The van der Waals surface area contributed by atoms with E-state index in [9.17, 15) is 10.2 Å². The summed E-state index contributed by atoms with van der Waals surface area (Å²) < 4.78 is 1.98. The first kappa shape index (κ1) is 14.1. The SMILES string of the molecule is CC(C)n1cnc2c(NCc3ccc(O)c(O)c3)ncnc21. The number of rotatable bonds is 4. The highest BCUT2D eigenvalue weighted by Crippen LogP contribution is 2.26. The molecule has 7 heteroatoms. The number of imidazole rings is 1. The molecule has 3 rings (SSSR count). The van der Waals surface area contributed by atoms with Crippen LogP contribution in [0, 0.1) is 0 Å². The van der Waals surface area contributed by atoms with Gasteiger partial charge in [-0.1, -0.05) is 6.07 Å². The molecular formula is C15H17N5O2. The second-order valence-electron chi connectivity index (χ2n) is 5.32. The third kappa shape index (κ3) is 2.52. The summed E-state index contributed by atoms with van der Waals surface area (Å²) in [6.45, 7) is 4.58. The van der Waals surface area contributed by atoms with Gasteiger partial charge in [0.05, 0.1) is 6.33 Å². The van der Waals surface area contributed by atoms with Gasteiger partial charge < -0.3 is 20.1 Å². The van der Waals surface area contributed by atoms with Crippen molar-refractivity contribution in [3.8, 4) is 11.5 Å². The number of phenols is 2. The van der Waals surface area contributed by atoms with Gasteiger partial charge in [0, 0.05) is 12.6 Å². The van der Waals surface area contributed by atoms with Crippen molar-refractivity contribution < 1.29 is 10.2 Å². The molecule has 0 amide bonds. The number of benzene rings is 1. The molecule has 0 bridgehead atoms. The van der Waals surface area contributed by atoms with Gasteiger partial charge in [0.1, 0.15) is 11.8 Å². The molecule has 2 aromatic heterocycles. The normalized spacial score (nSPS) is 11.2. The van der Waals surface area contributed by atoms with Crippen molar-refractivity contribution in [3.63, 3.8) is 0 Å². The van der Waals surface area contributed by atoms with Crippen molar-refractivity contribution in [1.29, 1.82) is 0 Å². The summed E-state index contributed by atoms with van der Waals surface area (Å²) in [6.07, 6.45) is 3.25. The van der Waals surface area contributed by atoms with Crippen molar-refractivity contribution >= 4 is 17.0 Å². The van der Waals surface area contributed by atoms with Gasteiger partial charge in [0.15, 0.2) is 23.0 Å². The molecule has 0 saturated carbocycles. The second kappa shape index (κ2) is 5.51. The smallest absolute Gasteiger partial charge is 0.165 e. The van der Waals surface area contributed by atoms with Gasteiger partial charge in [-0.25, -0.2) is 15.0 Å². The van der Waals surface area contributed by atoms with Crippen molar-refractivity contribution in [2.24, 2.45) is 0 Å². The molecular weight excluding hydrogens is 282 g/mol.